The van der Waals surface area contributed by atoms with E-state index < -0.39 is 5.97 Å². The molecule has 0 heterocycles. The van der Waals surface area contributed by atoms with Crippen LogP contribution in [0.1, 0.15) is 56.7 Å². The van der Waals surface area contributed by atoms with Crippen LogP contribution in [0.5, 0.6) is 0 Å². The number of para-hydroxylation sites is 1. The molecule has 3 aromatic rings. The molecule has 0 spiro atoms. The van der Waals surface area contributed by atoms with E-state index in [1.165, 1.54) is 0 Å². The largest absolute Gasteiger partial charge is 0.478 e. The fraction of sp³-hybridized carbons (Fsp3) is 0.231. The minimum absolute atomic E-state index is 0.0918. The molecule has 0 saturated carbocycles. The molecule has 0 fully saturated rings. The van der Waals surface area contributed by atoms with Gasteiger partial charge in [0.1, 0.15) is 0 Å². The molecule has 0 unspecified atom stereocenters. The molecule has 3 rings (SSSR count). The molecule has 0 atom stereocenters. The SMILES string of the molecule is Cc1ccccc1C(=O)Nc1ccccc1CCCCCc1ccccc1C(=O)O. The quantitative estimate of drug-likeness (QED) is 0.439. The third kappa shape index (κ3) is 5.57. The summed E-state index contributed by atoms with van der Waals surface area (Å²) in [5.74, 6) is -0.963. The van der Waals surface area contributed by atoms with Crippen LogP contribution < -0.4 is 5.32 Å². The Balaban J connectivity index is 1.54. The monoisotopic (exact) mass is 401 g/mol. The van der Waals surface area contributed by atoms with E-state index >= 15 is 0 Å². The van der Waals surface area contributed by atoms with Gasteiger partial charge < -0.3 is 10.4 Å². The number of carbonyl (C=O) groups is 2. The highest BCUT2D eigenvalue weighted by Gasteiger charge is 2.11. The van der Waals surface area contributed by atoms with Gasteiger partial charge in [0.25, 0.3) is 5.91 Å². The first-order valence-electron chi connectivity index (χ1n) is 10.3. The number of aryl methyl sites for hydroxylation is 3. The normalized spacial score (nSPS) is 10.6. The Labute approximate surface area is 177 Å². The number of hydrogen-bond acceptors (Lipinski definition) is 2. The summed E-state index contributed by atoms with van der Waals surface area (Å²) < 4.78 is 0. The summed E-state index contributed by atoms with van der Waals surface area (Å²) >= 11 is 0. The molecule has 2 N–H and O–H groups in total. The van der Waals surface area contributed by atoms with E-state index in [0.717, 1.165) is 54.5 Å². The van der Waals surface area contributed by atoms with Crippen LogP contribution in [0, 0.1) is 6.92 Å². The summed E-state index contributed by atoms with van der Waals surface area (Å²) in [5, 5.41) is 12.3. The number of carboxylic acids is 1. The summed E-state index contributed by atoms with van der Waals surface area (Å²) in [6.45, 7) is 1.93. The zero-order chi connectivity index (χ0) is 21.3. The standard InChI is InChI=1S/C26H27NO3/c1-19-11-5-8-16-22(19)25(28)27-24-18-10-7-15-21(24)14-4-2-3-12-20-13-6-9-17-23(20)26(29)30/h5-11,13,15-18H,2-4,12,14H2,1H3,(H,27,28)(H,29,30). The Morgan fingerprint density at radius 1 is 0.733 bits per heavy atom. The van der Waals surface area contributed by atoms with Crippen molar-refractivity contribution in [1.29, 1.82) is 0 Å². The summed E-state index contributed by atoms with van der Waals surface area (Å²) in [7, 11) is 0. The van der Waals surface area contributed by atoms with E-state index in [9.17, 15) is 14.7 Å². The maximum absolute atomic E-state index is 12.6. The second kappa shape index (κ2) is 10.4. The Bertz CT molecular complexity index is 1030. The highest BCUT2D eigenvalue weighted by Crippen LogP contribution is 2.20. The topological polar surface area (TPSA) is 66.4 Å². The maximum Gasteiger partial charge on any atom is 0.335 e. The third-order valence-corrected chi connectivity index (χ3v) is 5.30. The zero-order valence-electron chi connectivity index (χ0n) is 17.2. The first-order chi connectivity index (χ1) is 14.6. The van der Waals surface area contributed by atoms with Gasteiger partial charge in [0, 0.05) is 11.3 Å². The van der Waals surface area contributed by atoms with E-state index in [-0.39, 0.29) is 5.91 Å². The molecule has 0 aliphatic heterocycles. The number of anilines is 1. The lowest BCUT2D eigenvalue weighted by Gasteiger charge is -2.12. The highest BCUT2D eigenvalue weighted by molar-refractivity contribution is 6.05. The van der Waals surface area contributed by atoms with Gasteiger partial charge in [0.05, 0.1) is 5.56 Å². The van der Waals surface area contributed by atoms with Crippen LogP contribution in [0.3, 0.4) is 0 Å². The van der Waals surface area contributed by atoms with Gasteiger partial charge in [0.15, 0.2) is 0 Å². The van der Waals surface area contributed by atoms with Crippen LogP contribution >= 0.6 is 0 Å². The van der Waals surface area contributed by atoms with Gasteiger partial charge in [-0.3, -0.25) is 4.79 Å². The number of carboxylic acid groups (broad SMARTS) is 1. The molecule has 154 valence electrons. The fourth-order valence-electron chi connectivity index (χ4n) is 3.63. The Morgan fingerprint density at radius 3 is 2.00 bits per heavy atom. The molecule has 3 aromatic carbocycles. The molecule has 4 nitrogen and oxygen atoms in total. The number of unbranched alkanes of at least 4 members (excludes halogenated alkanes) is 2. The van der Waals surface area contributed by atoms with Gasteiger partial charge in [-0.1, -0.05) is 61.0 Å². The van der Waals surface area contributed by atoms with Gasteiger partial charge in [0.2, 0.25) is 0 Å². The summed E-state index contributed by atoms with van der Waals surface area (Å²) in [6, 6.07) is 22.7. The van der Waals surface area contributed by atoms with Crippen molar-refractivity contribution < 1.29 is 14.7 Å². The van der Waals surface area contributed by atoms with E-state index in [1.807, 2.05) is 67.6 Å². The van der Waals surface area contributed by atoms with Gasteiger partial charge in [-0.25, -0.2) is 4.79 Å². The summed E-state index contributed by atoms with van der Waals surface area (Å²) in [6.07, 6.45) is 4.53. The zero-order valence-corrected chi connectivity index (χ0v) is 17.2. The predicted octanol–water partition coefficient (Wildman–Crippen LogP) is 5.90. The van der Waals surface area contributed by atoms with Crippen molar-refractivity contribution in [2.75, 3.05) is 5.32 Å². The van der Waals surface area contributed by atoms with Gasteiger partial charge in [-0.2, -0.15) is 0 Å². The van der Waals surface area contributed by atoms with Crippen LogP contribution in [0.4, 0.5) is 5.69 Å². The second-order valence-electron chi connectivity index (χ2n) is 7.45. The number of amides is 1. The molecule has 0 radical (unpaired) electrons. The number of benzene rings is 3. The Kier molecular flexibility index (Phi) is 7.39. The molecule has 0 aromatic heterocycles. The molecular weight excluding hydrogens is 374 g/mol. The van der Waals surface area contributed by atoms with Crippen LogP contribution in [0.15, 0.2) is 72.8 Å². The summed E-state index contributed by atoms with van der Waals surface area (Å²) in [4.78, 5) is 24.0. The number of nitrogens with one attached hydrogen (secondary N) is 1. The van der Waals surface area contributed by atoms with Gasteiger partial charge in [-0.15, -0.1) is 0 Å². The van der Waals surface area contributed by atoms with Crippen LogP contribution in [0.25, 0.3) is 0 Å². The molecule has 30 heavy (non-hydrogen) atoms. The molecule has 0 bridgehead atoms. The Morgan fingerprint density at radius 2 is 1.30 bits per heavy atom. The molecule has 0 saturated heterocycles. The van der Waals surface area contributed by atoms with E-state index in [2.05, 4.69) is 5.32 Å². The van der Waals surface area contributed by atoms with Gasteiger partial charge in [-0.05, 0) is 67.5 Å². The fourth-order valence-corrected chi connectivity index (χ4v) is 3.63. The average Bonchev–Trinajstić information content (AvgIpc) is 2.75. The van der Waals surface area contributed by atoms with Gasteiger partial charge >= 0.3 is 5.97 Å². The predicted molar refractivity (Wildman–Crippen MR) is 120 cm³/mol. The van der Waals surface area contributed by atoms with Crippen molar-refractivity contribution in [3.8, 4) is 0 Å². The number of rotatable bonds is 9. The van der Waals surface area contributed by atoms with E-state index in [0.29, 0.717) is 11.1 Å². The lowest BCUT2D eigenvalue weighted by atomic mass is 9.99. The average molecular weight is 402 g/mol. The number of carbonyl (C=O) groups excluding carboxylic acids is 1. The van der Waals surface area contributed by atoms with Crippen molar-refractivity contribution in [2.24, 2.45) is 0 Å². The van der Waals surface area contributed by atoms with Crippen molar-refractivity contribution in [2.45, 2.75) is 39.0 Å². The molecule has 0 aliphatic rings. The van der Waals surface area contributed by atoms with E-state index in [1.54, 1.807) is 12.1 Å². The molecule has 4 heteroatoms. The van der Waals surface area contributed by atoms with Crippen LogP contribution in [-0.2, 0) is 12.8 Å². The van der Waals surface area contributed by atoms with Crippen LogP contribution in [-0.4, -0.2) is 17.0 Å². The number of hydrogen-bond donors (Lipinski definition) is 2. The maximum atomic E-state index is 12.6. The molecule has 0 aliphatic carbocycles. The number of aromatic carboxylic acids is 1. The molecular formula is C26H27NO3. The lowest BCUT2D eigenvalue weighted by Crippen LogP contribution is -2.14. The lowest BCUT2D eigenvalue weighted by molar-refractivity contribution is 0.0695. The third-order valence-electron chi connectivity index (χ3n) is 5.30. The highest BCUT2D eigenvalue weighted by atomic mass is 16.4. The second-order valence-corrected chi connectivity index (χ2v) is 7.45. The van der Waals surface area contributed by atoms with Crippen molar-refractivity contribution in [3.63, 3.8) is 0 Å². The first-order valence-corrected chi connectivity index (χ1v) is 10.3. The van der Waals surface area contributed by atoms with Crippen molar-refractivity contribution >= 4 is 17.6 Å². The van der Waals surface area contributed by atoms with E-state index in [4.69, 9.17) is 0 Å². The van der Waals surface area contributed by atoms with Crippen molar-refractivity contribution in [1.82, 2.24) is 0 Å². The minimum Gasteiger partial charge on any atom is -0.478 e. The smallest absolute Gasteiger partial charge is 0.335 e. The van der Waals surface area contributed by atoms with Crippen molar-refractivity contribution in [3.05, 3.63) is 101 Å². The molecule has 1 amide bonds. The first kappa shape index (κ1) is 21.3. The Hall–Kier alpha value is -3.40. The van der Waals surface area contributed by atoms with Crippen LogP contribution in [0.2, 0.25) is 0 Å². The minimum atomic E-state index is -0.871. The summed E-state index contributed by atoms with van der Waals surface area (Å²) in [5.41, 5.74) is 4.88.